The van der Waals surface area contributed by atoms with Crippen molar-refractivity contribution in [1.29, 1.82) is 0 Å². The molecular formula is C11H18N4O. The van der Waals surface area contributed by atoms with Crippen LogP contribution in [0.3, 0.4) is 0 Å². The average Bonchev–Trinajstić information content (AvgIpc) is 2.99. The van der Waals surface area contributed by atoms with Gasteiger partial charge >= 0.3 is 0 Å². The molecule has 16 heavy (non-hydrogen) atoms. The minimum atomic E-state index is 0.673. The van der Waals surface area contributed by atoms with Crippen LogP contribution in [0.4, 0.5) is 5.95 Å². The second-order valence-corrected chi connectivity index (χ2v) is 4.75. The van der Waals surface area contributed by atoms with Gasteiger partial charge in [0.25, 0.3) is 5.95 Å². The van der Waals surface area contributed by atoms with Crippen molar-refractivity contribution in [2.45, 2.75) is 25.7 Å². The van der Waals surface area contributed by atoms with Gasteiger partial charge in [-0.2, -0.15) is 4.98 Å². The number of anilines is 1. The molecule has 1 unspecified atom stereocenters. The van der Waals surface area contributed by atoms with Crippen LogP contribution in [-0.4, -0.2) is 36.3 Å². The van der Waals surface area contributed by atoms with E-state index >= 15 is 0 Å². The molecule has 0 spiro atoms. The quantitative estimate of drug-likeness (QED) is 0.820. The molecule has 1 atom stereocenters. The standard InChI is InChI=1S/C11H18N4O/c1-2-6-15(5-1)11-13-10(16-14-11)7-9-3-4-12-8-9/h9,12H,1-8H2. The Kier molecular flexibility index (Phi) is 2.78. The van der Waals surface area contributed by atoms with Crippen molar-refractivity contribution in [3.63, 3.8) is 0 Å². The van der Waals surface area contributed by atoms with E-state index < -0.39 is 0 Å². The van der Waals surface area contributed by atoms with Crippen molar-refractivity contribution in [3.05, 3.63) is 5.89 Å². The smallest absolute Gasteiger partial charge is 0.266 e. The van der Waals surface area contributed by atoms with E-state index in [1.807, 2.05) is 0 Å². The van der Waals surface area contributed by atoms with Gasteiger partial charge < -0.3 is 14.7 Å². The van der Waals surface area contributed by atoms with Crippen LogP contribution in [0.25, 0.3) is 0 Å². The molecule has 2 fully saturated rings. The number of hydrogen-bond donors (Lipinski definition) is 1. The van der Waals surface area contributed by atoms with Crippen LogP contribution in [0, 0.1) is 5.92 Å². The third-order valence-corrected chi connectivity index (χ3v) is 3.47. The van der Waals surface area contributed by atoms with E-state index in [1.54, 1.807) is 0 Å². The Morgan fingerprint density at radius 1 is 1.38 bits per heavy atom. The molecule has 0 aromatic carbocycles. The molecule has 0 radical (unpaired) electrons. The Labute approximate surface area is 95.2 Å². The molecule has 1 aromatic heterocycles. The van der Waals surface area contributed by atoms with Crippen LogP contribution in [0.1, 0.15) is 25.2 Å². The molecule has 0 saturated carbocycles. The summed E-state index contributed by atoms with van der Waals surface area (Å²) in [5.74, 6) is 2.26. The molecule has 5 nitrogen and oxygen atoms in total. The molecular weight excluding hydrogens is 204 g/mol. The lowest BCUT2D eigenvalue weighted by Crippen LogP contribution is -2.19. The fourth-order valence-electron chi connectivity index (χ4n) is 2.51. The Morgan fingerprint density at radius 3 is 3.00 bits per heavy atom. The summed E-state index contributed by atoms with van der Waals surface area (Å²) in [5, 5.41) is 7.41. The minimum Gasteiger partial charge on any atom is -0.338 e. The topological polar surface area (TPSA) is 54.2 Å². The number of hydrogen-bond acceptors (Lipinski definition) is 5. The highest BCUT2D eigenvalue weighted by atomic mass is 16.5. The third kappa shape index (κ3) is 2.04. The second kappa shape index (κ2) is 4.41. The first-order chi connectivity index (χ1) is 7.92. The zero-order valence-electron chi connectivity index (χ0n) is 9.48. The maximum absolute atomic E-state index is 5.31. The molecule has 5 heteroatoms. The molecule has 3 rings (SSSR count). The molecule has 1 aromatic rings. The first-order valence-corrected chi connectivity index (χ1v) is 6.20. The average molecular weight is 222 g/mol. The Morgan fingerprint density at radius 2 is 2.25 bits per heavy atom. The first kappa shape index (κ1) is 10.1. The summed E-state index contributed by atoms with van der Waals surface area (Å²) in [6.07, 6.45) is 4.64. The summed E-state index contributed by atoms with van der Waals surface area (Å²) in [5.41, 5.74) is 0. The Balaban J connectivity index is 1.62. The third-order valence-electron chi connectivity index (χ3n) is 3.47. The molecule has 0 bridgehead atoms. The van der Waals surface area contributed by atoms with Gasteiger partial charge in [-0.05, 0) is 43.4 Å². The fraction of sp³-hybridized carbons (Fsp3) is 0.818. The van der Waals surface area contributed by atoms with Crippen LogP contribution < -0.4 is 10.2 Å². The lowest BCUT2D eigenvalue weighted by molar-refractivity contribution is 0.357. The van der Waals surface area contributed by atoms with Crippen LogP contribution in [0.15, 0.2) is 4.52 Å². The number of nitrogens with zero attached hydrogens (tertiary/aromatic N) is 3. The van der Waals surface area contributed by atoms with Crippen LogP contribution in [-0.2, 0) is 6.42 Å². The van der Waals surface area contributed by atoms with Crippen molar-refractivity contribution in [2.24, 2.45) is 5.92 Å². The van der Waals surface area contributed by atoms with E-state index in [0.29, 0.717) is 5.92 Å². The predicted octanol–water partition coefficient (Wildman–Crippen LogP) is 0.822. The molecule has 2 aliphatic heterocycles. The molecule has 2 aliphatic rings. The van der Waals surface area contributed by atoms with Gasteiger partial charge in [-0.15, -0.1) is 0 Å². The number of aromatic nitrogens is 2. The highest BCUT2D eigenvalue weighted by Gasteiger charge is 2.21. The maximum atomic E-state index is 5.31. The minimum absolute atomic E-state index is 0.673. The van der Waals surface area contributed by atoms with Crippen molar-refractivity contribution in [2.75, 3.05) is 31.1 Å². The Bertz CT molecular complexity index is 340. The second-order valence-electron chi connectivity index (χ2n) is 4.75. The lowest BCUT2D eigenvalue weighted by Gasteiger charge is -2.09. The summed E-state index contributed by atoms with van der Waals surface area (Å²) in [7, 11) is 0. The van der Waals surface area contributed by atoms with Gasteiger partial charge in [0, 0.05) is 19.5 Å². The van der Waals surface area contributed by atoms with E-state index in [-0.39, 0.29) is 0 Å². The van der Waals surface area contributed by atoms with Crippen molar-refractivity contribution in [1.82, 2.24) is 15.5 Å². The number of nitrogens with one attached hydrogen (secondary N) is 1. The van der Waals surface area contributed by atoms with Crippen LogP contribution in [0.2, 0.25) is 0 Å². The van der Waals surface area contributed by atoms with Gasteiger partial charge in [0.05, 0.1) is 0 Å². The van der Waals surface area contributed by atoms with Crippen LogP contribution >= 0.6 is 0 Å². The van der Waals surface area contributed by atoms with E-state index in [4.69, 9.17) is 4.52 Å². The van der Waals surface area contributed by atoms with Gasteiger partial charge in [0.1, 0.15) is 0 Å². The van der Waals surface area contributed by atoms with E-state index in [1.165, 1.54) is 19.3 Å². The summed E-state index contributed by atoms with van der Waals surface area (Å²) in [4.78, 5) is 6.68. The van der Waals surface area contributed by atoms with Crippen molar-refractivity contribution < 1.29 is 4.52 Å². The van der Waals surface area contributed by atoms with Gasteiger partial charge in [-0.25, -0.2) is 0 Å². The zero-order chi connectivity index (χ0) is 10.8. The predicted molar refractivity (Wildman–Crippen MR) is 60.4 cm³/mol. The molecule has 88 valence electrons. The monoisotopic (exact) mass is 222 g/mol. The van der Waals surface area contributed by atoms with E-state index in [2.05, 4.69) is 20.4 Å². The lowest BCUT2D eigenvalue weighted by atomic mass is 10.1. The highest BCUT2D eigenvalue weighted by Crippen LogP contribution is 2.19. The van der Waals surface area contributed by atoms with E-state index in [0.717, 1.165) is 44.4 Å². The Hall–Kier alpha value is -1.10. The molecule has 0 aliphatic carbocycles. The van der Waals surface area contributed by atoms with Gasteiger partial charge in [0.15, 0.2) is 0 Å². The van der Waals surface area contributed by atoms with Gasteiger partial charge in [-0.3, -0.25) is 0 Å². The first-order valence-electron chi connectivity index (χ1n) is 6.20. The van der Waals surface area contributed by atoms with Gasteiger partial charge in [0.2, 0.25) is 5.89 Å². The summed E-state index contributed by atoms with van der Waals surface area (Å²) >= 11 is 0. The maximum Gasteiger partial charge on any atom is 0.266 e. The van der Waals surface area contributed by atoms with E-state index in [9.17, 15) is 0 Å². The largest absolute Gasteiger partial charge is 0.338 e. The van der Waals surface area contributed by atoms with Crippen molar-refractivity contribution in [3.8, 4) is 0 Å². The normalized spacial score (nSPS) is 25.5. The molecule has 0 amide bonds. The fourth-order valence-corrected chi connectivity index (χ4v) is 2.51. The van der Waals surface area contributed by atoms with Crippen LogP contribution in [0.5, 0.6) is 0 Å². The summed E-state index contributed by atoms with van der Waals surface area (Å²) < 4.78 is 5.31. The number of rotatable bonds is 3. The highest BCUT2D eigenvalue weighted by molar-refractivity contribution is 5.28. The van der Waals surface area contributed by atoms with Crippen molar-refractivity contribution >= 4 is 5.95 Å². The summed E-state index contributed by atoms with van der Waals surface area (Å²) in [6, 6.07) is 0. The molecule has 3 heterocycles. The molecule has 1 N–H and O–H groups in total. The summed E-state index contributed by atoms with van der Waals surface area (Å²) in [6.45, 7) is 4.35. The zero-order valence-corrected chi connectivity index (χ0v) is 9.48. The van der Waals surface area contributed by atoms with Gasteiger partial charge in [-0.1, -0.05) is 0 Å². The SMILES string of the molecule is C1CCN(c2noc(CC3CCNC3)n2)C1. The molecule has 2 saturated heterocycles.